The maximum absolute atomic E-state index is 14.5. The highest BCUT2D eigenvalue weighted by Crippen LogP contribution is 2.53. The van der Waals surface area contributed by atoms with Crippen LogP contribution in [0.25, 0.3) is 22.3 Å². The van der Waals surface area contributed by atoms with Gasteiger partial charge in [-0.15, -0.1) is 12.8 Å². The molecule has 0 aliphatic carbocycles. The summed E-state index contributed by atoms with van der Waals surface area (Å²) >= 11 is 0. The van der Waals surface area contributed by atoms with Crippen molar-refractivity contribution in [1.82, 2.24) is 39.0 Å². The van der Waals surface area contributed by atoms with Gasteiger partial charge in [0.2, 0.25) is 0 Å². The van der Waals surface area contributed by atoms with Crippen LogP contribution in [-0.4, -0.2) is 92.5 Å². The summed E-state index contributed by atoms with van der Waals surface area (Å²) in [6.45, 7) is 0.827. The number of nitrogens with zero attached hydrogens (tertiary/aromatic N) is 8. The minimum atomic E-state index is -4.63. The average Bonchev–Trinajstić information content (AvgIpc) is 4.09. The lowest BCUT2D eigenvalue weighted by molar-refractivity contribution is -0.102. The fourth-order valence-electron chi connectivity index (χ4n) is 8.68. The molecule has 2 aliphatic heterocycles. The molecule has 67 heavy (non-hydrogen) atoms. The van der Waals surface area contributed by atoms with Crippen molar-refractivity contribution in [3.63, 3.8) is 0 Å². The quantitative estimate of drug-likeness (QED) is 0.0166. The lowest BCUT2D eigenvalue weighted by Gasteiger charge is -2.30. The molecule has 0 radical (unpaired) electrons. The molecule has 6 rings (SSSR count). The third-order valence-electron chi connectivity index (χ3n) is 12.7. The molecule has 4 aromatic heterocycles. The molecule has 6 heterocycles. The number of aliphatic hydroxyl groups is 2. The van der Waals surface area contributed by atoms with Crippen LogP contribution in [0.2, 0.25) is 0 Å². The van der Waals surface area contributed by atoms with Crippen LogP contribution in [0.5, 0.6) is 0 Å². The number of phosphoric acid groups is 1. The fraction of sp³-hybridized carbons (Fsp3) is 0.696. The molecule has 6 N–H and O–H groups in total. The smallest absolute Gasteiger partial charge is 0.389 e. The number of rotatable bonds is 30. The van der Waals surface area contributed by atoms with E-state index in [1.807, 2.05) is 0 Å². The fourth-order valence-corrected chi connectivity index (χ4v) is 9.96. The summed E-state index contributed by atoms with van der Waals surface area (Å²) in [5.41, 5.74) is 8.07. The van der Waals surface area contributed by atoms with Gasteiger partial charge in [0.25, 0.3) is 0 Å². The van der Waals surface area contributed by atoms with Crippen molar-refractivity contribution in [2.24, 2.45) is 0 Å². The maximum Gasteiger partial charge on any atom is 0.475 e. The van der Waals surface area contributed by atoms with Crippen LogP contribution >= 0.6 is 7.82 Å². The Bertz CT molecular complexity index is 2210. The summed E-state index contributed by atoms with van der Waals surface area (Å²) in [5.74, 6) is 4.44. The number of hydrogen-bond acceptors (Lipinski definition) is 16. The predicted octanol–water partition coefficient (Wildman–Crippen LogP) is 8.39. The topological polar surface area (TPSA) is 243 Å². The number of aromatic nitrogens is 8. The van der Waals surface area contributed by atoms with Gasteiger partial charge in [0.1, 0.15) is 37.9 Å². The lowest BCUT2D eigenvalue weighted by Crippen LogP contribution is -2.43. The summed E-state index contributed by atoms with van der Waals surface area (Å²) in [6.07, 6.45) is 31.5. The van der Waals surface area contributed by atoms with Gasteiger partial charge in [-0.05, 0) is 6.42 Å². The number of halogens is 2. The molecule has 6 atom stereocenters. The maximum atomic E-state index is 14.5. The van der Waals surface area contributed by atoms with Gasteiger partial charge >= 0.3 is 20.0 Å². The first kappa shape index (κ1) is 52.0. The van der Waals surface area contributed by atoms with Gasteiger partial charge in [0, 0.05) is 12.8 Å². The van der Waals surface area contributed by atoms with Crippen molar-refractivity contribution >= 4 is 41.8 Å². The van der Waals surface area contributed by atoms with Crippen LogP contribution in [0.15, 0.2) is 12.7 Å². The Hall–Kier alpha value is -4.37. The molecule has 2 saturated heterocycles. The standard InChI is InChI=1S/C46H67F2N10O8P/c1-4-7-8-9-10-11-12-13-14-15-16-17-18-19-20-21-22-23-24-25-26-62-67(61,63-29-45(5-2)33(59)27-35(65-45)57-31-51-37-39(49)53-43(47)55-41(37)57)64-30-46(6-3)34(60)28-36(66-46)58-32-52-38-40(50)54-44(48)56-42(38)58/h2-3,31-36,59-60H,4,7-30H2,1H3,(H2,49,53,55)(H2,50,54,56). The van der Waals surface area contributed by atoms with Crippen LogP contribution in [0.1, 0.15) is 161 Å². The monoisotopic (exact) mass is 956 g/mol. The molecule has 0 bridgehead atoms. The number of nitrogens with two attached hydrogens (primary N) is 2. The van der Waals surface area contributed by atoms with Crippen molar-refractivity contribution in [2.75, 3.05) is 31.3 Å². The predicted molar refractivity (Wildman–Crippen MR) is 247 cm³/mol. The number of anilines is 2. The Balaban J connectivity index is 1.000. The summed E-state index contributed by atoms with van der Waals surface area (Å²) in [7, 11) is -4.63. The second-order valence-corrected chi connectivity index (χ2v) is 19.3. The molecular weight excluding hydrogens is 890 g/mol. The van der Waals surface area contributed by atoms with Gasteiger partial charge < -0.3 is 31.2 Å². The largest absolute Gasteiger partial charge is 0.475 e. The van der Waals surface area contributed by atoms with E-state index < -0.39 is 69.1 Å². The number of fused-ring (bicyclic) bond motifs is 2. The first-order valence-corrected chi connectivity index (χ1v) is 25.3. The average molecular weight is 957 g/mol. The van der Waals surface area contributed by atoms with Crippen molar-refractivity contribution in [3.05, 3.63) is 24.8 Å². The second kappa shape index (κ2) is 24.8. The molecule has 18 nitrogen and oxygen atoms in total. The number of unbranched alkanes of at least 4 members (excludes halogenated alkanes) is 19. The highest BCUT2D eigenvalue weighted by molar-refractivity contribution is 7.48. The number of ether oxygens (including phenoxy) is 2. The Morgan fingerprint density at radius 2 is 1.01 bits per heavy atom. The van der Waals surface area contributed by atoms with E-state index >= 15 is 0 Å². The molecule has 2 aliphatic rings. The van der Waals surface area contributed by atoms with E-state index in [-0.39, 0.29) is 53.4 Å². The minimum absolute atomic E-state index is 0.000777. The van der Waals surface area contributed by atoms with E-state index in [9.17, 15) is 23.6 Å². The van der Waals surface area contributed by atoms with Crippen LogP contribution in [-0.2, 0) is 27.6 Å². The van der Waals surface area contributed by atoms with E-state index in [1.54, 1.807) is 0 Å². The molecule has 0 saturated carbocycles. The lowest BCUT2D eigenvalue weighted by atomic mass is 9.99. The van der Waals surface area contributed by atoms with E-state index in [0.29, 0.717) is 6.42 Å². The number of phosphoric ester groups is 1. The highest BCUT2D eigenvalue weighted by atomic mass is 31.2. The minimum Gasteiger partial charge on any atom is -0.389 e. The van der Waals surface area contributed by atoms with Gasteiger partial charge in [-0.2, -0.15) is 28.7 Å². The molecule has 368 valence electrons. The Kier molecular flexibility index (Phi) is 19.2. The van der Waals surface area contributed by atoms with E-state index in [2.05, 4.69) is 48.7 Å². The first-order valence-electron chi connectivity index (χ1n) is 23.9. The first-order chi connectivity index (χ1) is 32.4. The van der Waals surface area contributed by atoms with Crippen LogP contribution in [0, 0.1) is 36.8 Å². The van der Waals surface area contributed by atoms with Crippen molar-refractivity contribution < 1.29 is 46.6 Å². The zero-order valence-electron chi connectivity index (χ0n) is 38.6. The molecule has 21 heteroatoms. The summed E-state index contributed by atoms with van der Waals surface area (Å²) in [4.78, 5) is 22.9. The Morgan fingerprint density at radius 1 is 0.657 bits per heavy atom. The van der Waals surface area contributed by atoms with Crippen molar-refractivity contribution in [1.29, 1.82) is 0 Å². The number of terminal acetylenes is 2. The Morgan fingerprint density at radius 3 is 1.37 bits per heavy atom. The summed E-state index contributed by atoms with van der Waals surface area (Å²) < 4.78 is 75.3. The van der Waals surface area contributed by atoms with Gasteiger partial charge in [-0.3, -0.25) is 22.7 Å². The summed E-state index contributed by atoms with van der Waals surface area (Å²) in [6, 6.07) is 0. The van der Waals surface area contributed by atoms with Gasteiger partial charge in [0.05, 0.1) is 19.3 Å². The SMILES string of the molecule is C#CC1(COP(=O)(OCCCCCCCCCCCCCCCCCCCCCC)OCC2(C#C)OC(n3cnc4c(N)nc(F)nc43)CC2O)OC(n2cnc3c(N)nc(F)nc32)CC1O. The molecular formula is C46H67F2N10O8P. The summed E-state index contributed by atoms with van der Waals surface area (Å²) in [5, 5.41) is 22.6. The van der Waals surface area contributed by atoms with E-state index in [1.165, 1.54) is 118 Å². The normalized spacial score (nSPS) is 23.8. The van der Waals surface area contributed by atoms with E-state index in [0.717, 1.165) is 25.7 Å². The van der Waals surface area contributed by atoms with Gasteiger partial charge in [-0.1, -0.05) is 141 Å². The number of hydrogen-bond donors (Lipinski definition) is 4. The third kappa shape index (κ3) is 13.5. The van der Waals surface area contributed by atoms with Crippen LogP contribution in [0.4, 0.5) is 20.4 Å². The molecule has 2 fully saturated rings. The molecule has 0 amide bonds. The van der Waals surface area contributed by atoms with Crippen LogP contribution in [0.3, 0.4) is 0 Å². The molecule has 0 spiro atoms. The highest BCUT2D eigenvalue weighted by Gasteiger charge is 2.53. The van der Waals surface area contributed by atoms with Crippen molar-refractivity contribution in [2.45, 2.75) is 184 Å². The molecule has 6 unspecified atom stereocenters. The zero-order chi connectivity index (χ0) is 47.9. The number of aliphatic hydroxyl groups excluding tert-OH is 2. The van der Waals surface area contributed by atoms with Crippen LogP contribution < -0.4 is 11.5 Å². The number of nitrogen functional groups attached to an aromatic ring is 2. The second-order valence-electron chi connectivity index (χ2n) is 17.7. The van der Waals surface area contributed by atoms with E-state index in [4.69, 9.17) is 47.4 Å². The third-order valence-corrected chi connectivity index (χ3v) is 14.1. The van der Waals surface area contributed by atoms with Gasteiger partial charge in [0.15, 0.2) is 45.2 Å². The molecule has 4 aromatic rings. The van der Waals surface area contributed by atoms with Crippen molar-refractivity contribution in [3.8, 4) is 24.7 Å². The Labute approximate surface area is 391 Å². The zero-order valence-corrected chi connectivity index (χ0v) is 39.5. The van der Waals surface area contributed by atoms with Gasteiger partial charge in [-0.25, -0.2) is 14.5 Å². The number of imidazole rings is 2. The molecule has 0 aromatic carbocycles.